The van der Waals surface area contributed by atoms with Gasteiger partial charge in [0.25, 0.3) is 10.0 Å². The van der Waals surface area contributed by atoms with E-state index < -0.39 is 10.0 Å². The van der Waals surface area contributed by atoms with Gasteiger partial charge in [-0.15, -0.1) is 0 Å². The Morgan fingerprint density at radius 1 is 1.35 bits per heavy atom. The molecule has 2 rings (SSSR count). The number of nitrogen functional groups attached to an aromatic ring is 1. The predicted octanol–water partition coefficient (Wildman–Crippen LogP) is 0.498. The van der Waals surface area contributed by atoms with Crippen LogP contribution >= 0.6 is 0 Å². The maximum atomic E-state index is 11.9. The molecule has 1 heterocycles. The molecule has 0 spiro atoms. The molecule has 0 atom stereocenters. The minimum atomic E-state index is -3.73. The Bertz CT molecular complexity index is 622. The molecule has 90 valence electrons. The minimum Gasteiger partial charge on any atom is -0.506 e. The Morgan fingerprint density at radius 2 is 2.12 bits per heavy atom. The van der Waals surface area contributed by atoms with Crippen molar-refractivity contribution in [1.29, 1.82) is 0 Å². The summed E-state index contributed by atoms with van der Waals surface area (Å²) >= 11 is 0. The van der Waals surface area contributed by atoms with Crippen LogP contribution in [0, 0.1) is 0 Å². The third kappa shape index (κ3) is 2.31. The van der Waals surface area contributed by atoms with E-state index in [4.69, 9.17) is 5.73 Å². The number of aromatic hydroxyl groups is 1. The number of rotatable bonds is 3. The highest BCUT2D eigenvalue weighted by Gasteiger charge is 2.15. The van der Waals surface area contributed by atoms with Crippen LogP contribution in [0.3, 0.4) is 0 Å². The molecule has 0 unspecified atom stereocenters. The van der Waals surface area contributed by atoms with Crippen molar-refractivity contribution in [2.75, 3.05) is 10.5 Å². The quantitative estimate of drug-likeness (QED) is 0.469. The van der Waals surface area contributed by atoms with Gasteiger partial charge in [-0.2, -0.15) is 5.10 Å². The summed E-state index contributed by atoms with van der Waals surface area (Å²) in [6.45, 7) is 0. The number of phenolic OH excluding ortho intramolecular Hbond substituents is 1. The molecule has 0 aliphatic rings. The first-order chi connectivity index (χ1) is 7.99. The molecule has 8 heteroatoms. The standard InChI is InChI=1S/C9H10N4O3S/c10-7-5-6(1-2-8(7)14)17(15,16)13-9-3-4-11-12-9/h1-5,14H,10H2,(H2,11,12,13). The number of sulfonamides is 1. The first kappa shape index (κ1) is 11.3. The van der Waals surface area contributed by atoms with Gasteiger partial charge in [0.15, 0.2) is 0 Å². The summed E-state index contributed by atoms with van der Waals surface area (Å²) in [5, 5.41) is 15.3. The third-order valence-electron chi connectivity index (χ3n) is 2.05. The lowest BCUT2D eigenvalue weighted by atomic mass is 10.3. The largest absolute Gasteiger partial charge is 0.506 e. The lowest BCUT2D eigenvalue weighted by Crippen LogP contribution is -2.13. The number of benzene rings is 1. The van der Waals surface area contributed by atoms with Crippen LogP contribution in [0.5, 0.6) is 5.75 Å². The smallest absolute Gasteiger partial charge is 0.263 e. The highest BCUT2D eigenvalue weighted by molar-refractivity contribution is 7.92. The first-order valence-electron chi connectivity index (χ1n) is 4.60. The van der Waals surface area contributed by atoms with Crippen molar-refractivity contribution in [3.63, 3.8) is 0 Å². The number of nitrogens with two attached hydrogens (primary N) is 1. The number of hydrogen-bond acceptors (Lipinski definition) is 5. The average Bonchev–Trinajstić information content (AvgIpc) is 2.73. The number of phenols is 1. The van der Waals surface area contributed by atoms with Crippen molar-refractivity contribution in [3.05, 3.63) is 30.5 Å². The van der Waals surface area contributed by atoms with Gasteiger partial charge in [0.2, 0.25) is 0 Å². The lowest BCUT2D eigenvalue weighted by Gasteiger charge is -2.07. The van der Waals surface area contributed by atoms with Crippen molar-refractivity contribution in [1.82, 2.24) is 10.2 Å². The molecule has 0 aliphatic carbocycles. The van der Waals surface area contributed by atoms with E-state index in [-0.39, 0.29) is 22.2 Å². The van der Waals surface area contributed by atoms with Crippen LogP contribution in [-0.4, -0.2) is 23.7 Å². The summed E-state index contributed by atoms with van der Waals surface area (Å²) in [6.07, 6.45) is 1.42. The van der Waals surface area contributed by atoms with Gasteiger partial charge < -0.3 is 10.8 Å². The van der Waals surface area contributed by atoms with Crippen LogP contribution in [0.1, 0.15) is 0 Å². The Balaban J connectivity index is 2.35. The number of anilines is 2. The second kappa shape index (κ2) is 3.98. The van der Waals surface area contributed by atoms with E-state index in [2.05, 4.69) is 14.9 Å². The number of nitrogens with one attached hydrogen (secondary N) is 2. The van der Waals surface area contributed by atoms with Crippen molar-refractivity contribution < 1.29 is 13.5 Å². The Morgan fingerprint density at radius 3 is 2.71 bits per heavy atom. The zero-order valence-electron chi connectivity index (χ0n) is 8.58. The normalized spacial score (nSPS) is 11.3. The summed E-state index contributed by atoms with van der Waals surface area (Å²) in [4.78, 5) is -0.0394. The highest BCUT2D eigenvalue weighted by atomic mass is 32.2. The van der Waals surface area contributed by atoms with E-state index in [1.165, 1.54) is 30.5 Å². The molecule has 0 aliphatic heterocycles. The maximum Gasteiger partial charge on any atom is 0.263 e. The van der Waals surface area contributed by atoms with Crippen molar-refractivity contribution in [3.8, 4) is 5.75 Å². The zero-order chi connectivity index (χ0) is 12.5. The monoisotopic (exact) mass is 254 g/mol. The molecule has 1 aromatic carbocycles. The van der Waals surface area contributed by atoms with Crippen LogP contribution in [-0.2, 0) is 10.0 Å². The number of nitrogens with zero attached hydrogens (tertiary/aromatic N) is 1. The fraction of sp³-hybridized carbons (Fsp3) is 0. The van der Waals surface area contributed by atoms with Crippen LogP contribution < -0.4 is 10.5 Å². The summed E-state index contributed by atoms with van der Waals surface area (Å²) in [6, 6.07) is 5.12. The molecular formula is C9H10N4O3S. The second-order valence-corrected chi connectivity index (χ2v) is 4.98. The molecule has 2 aromatic rings. The van der Waals surface area contributed by atoms with Crippen molar-refractivity contribution in [2.24, 2.45) is 0 Å². The predicted molar refractivity (Wildman–Crippen MR) is 61.9 cm³/mol. The molecular weight excluding hydrogens is 244 g/mol. The Hall–Kier alpha value is -2.22. The molecule has 7 nitrogen and oxygen atoms in total. The highest BCUT2D eigenvalue weighted by Crippen LogP contribution is 2.24. The molecule has 0 radical (unpaired) electrons. The number of aromatic amines is 1. The van der Waals surface area contributed by atoms with E-state index in [1.807, 2.05) is 0 Å². The summed E-state index contributed by atoms with van der Waals surface area (Å²) < 4.78 is 26.0. The van der Waals surface area contributed by atoms with Crippen LogP contribution in [0.4, 0.5) is 11.5 Å². The van der Waals surface area contributed by atoms with Gasteiger partial charge in [-0.25, -0.2) is 8.42 Å². The van der Waals surface area contributed by atoms with Gasteiger partial charge in [-0.1, -0.05) is 0 Å². The molecule has 0 bridgehead atoms. The molecule has 5 N–H and O–H groups in total. The van der Waals surface area contributed by atoms with Crippen LogP contribution in [0.25, 0.3) is 0 Å². The third-order valence-corrected chi connectivity index (χ3v) is 3.42. The number of aromatic nitrogens is 2. The maximum absolute atomic E-state index is 11.9. The van der Waals surface area contributed by atoms with Gasteiger partial charge in [-0.3, -0.25) is 9.82 Å². The Labute approximate surface area is 97.3 Å². The average molecular weight is 254 g/mol. The zero-order valence-corrected chi connectivity index (χ0v) is 9.40. The van der Waals surface area contributed by atoms with Gasteiger partial charge in [0.1, 0.15) is 11.6 Å². The fourth-order valence-electron chi connectivity index (χ4n) is 1.22. The van der Waals surface area contributed by atoms with Gasteiger partial charge in [-0.05, 0) is 18.2 Å². The summed E-state index contributed by atoms with van der Waals surface area (Å²) in [7, 11) is -3.73. The topological polar surface area (TPSA) is 121 Å². The van der Waals surface area contributed by atoms with Gasteiger partial charge >= 0.3 is 0 Å². The lowest BCUT2D eigenvalue weighted by molar-refractivity contribution is 0.477. The van der Waals surface area contributed by atoms with Crippen LogP contribution in [0.15, 0.2) is 35.4 Å². The first-order valence-corrected chi connectivity index (χ1v) is 6.08. The summed E-state index contributed by atoms with van der Waals surface area (Å²) in [5.74, 6) is 0.0853. The van der Waals surface area contributed by atoms with Gasteiger partial charge in [0, 0.05) is 6.07 Å². The van der Waals surface area contributed by atoms with E-state index in [1.54, 1.807) is 0 Å². The molecule has 0 amide bonds. The molecule has 0 fully saturated rings. The fourth-order valence-corrected chi connectivity index (χ4v) is 2.27. The molecule has 0 saturated heterocycles. The molecule has 0 saturated carbocycles. The van der Waals surface area contributed by atoms with Crippen molar-refractivity contribution in [2.45, 2.75) is 4.90 Å². The van der Waals surface area contributed by atoms with E-state index >= 15 is 0 Å². The number of hydrogen-bond donors (Lipinski definition) is 4. The number of H-pyrrole nitrogens is 1. The van der Waals surface area contributed by atoms with Crippen LogP contribution in [0.2, 0.25) is 0 Å². The Kier molecular flexibility index (Phi) is 2.64. The minimum absolute atomic E-state index is 0.00233. The van der Waals surface area contributed by atoms with E-state index in [9.17, 15) is 13.5 Å². The second-order valence-electron chi connectivity index (χ2n) is 3.30. The van der Waals surface area contributed by atoms with E-state index in [0.29, 0.717) is 0 Å². The van der Waals surface area contributed by atoms with Crippen molar-refractivity contribution >= 4 is 21.5 Å². The molecule has 1 aromatic heterocycles. The summed E-state index contributed by atoms with van der Waals surface area (Å²) in [5.41, 5.74) is 5.43. The SMILES string of the molecule is Nc1cc(S(=O)(=O)Nc2ccn[nH]2)ccc1O. The van der Waals surface area contributed by atoms with E-state index in [0.717, 1.165) is 0 Å². The molecule has 17 heavy (non-hydrogen) atoms. The van der Waals surface area contributed by atoms with Gasteiger partial charge in [0.05, 0.1) is 16.8 Å².